The maximum Gasteiger partial charge on any atom is 0.0648 e. The molecule has 2 heteroatoms. The molecule has 1 saturated heterocycles. The van der Waals surface area contributed by atoms with E-state index in [1.807, 2.05) is 0 Å². The summed E-state index contributed by atoms with van der Waals surface area (Å²) in [4.78, 5) is 0.493. The minimum Gasteiger partial charge on any atom is -0.299 e. The van der Waals surface area contributed by atoms with Crippen molar-refractivity contribution in [3.8, 4) is 0 Å². The van der Waals surface area contributed by atoms with Gasteiger partial charge in [-0.25, -0.2) is 0 Å². The topological polar surface area (TPSA) is 12.0 Å². The van der Waals surface area contributed by atoms with Gasteiger partial charge in [-0.2, -0.15) is 0 Å². The predicted molar refractivity (Wildman–Crippen MR) is 60.0 cm³/mol. The molecule has 0 aromatic carbocycles. The highest BCUT2D eigenvalue weighted by Crippen LogP contribution is 2.44. The van der Waals surface area contributed by atoms with Crippen LogP contribution in [0.1, 0.15) is 46.0 Å². The molecule has 1 aliphatic carbocycles. The predicted octanol–water partition coefficient (Wildman–Crippen LogP) is 3.01. The van der Waals surface area contributed by atoms with E-state index in [4.69, 9.17) is 0 Å². The molecule has 1 saturated carbocycles. The highest BCUT2D eigenvalue weighted by atomic mass is 32.2. The van der Waals surface area contributed by atoms with Crippen LogP contribution in [0.25, 0.3) is 0 Å². The van der Waals surface area contributed by atoms with Gasteiger partial charge in [-0.3, -0.25) is 5.32 Å². The molecule has 0 aromatic rings. The lowest BCUT2D eigenvalue weighted by Crippen LogP contribution is -2.43. The zero-order valence-electron chi connectivity index (χ0n) is 8.81. The Morgan fingerprint density at radius 2 is 2.08 bits per heavy atom. The Labute approximate surface area is 86.0 Å². The summed E-state index contributed by atoms with van der Waals surface area (Å²) >= 11 is 2.19. The van der Waals surface area contributed by atoms with E-state index in [-0.39, 0.29) is 0 Å². The van der Waals surface area contributed by atoms with Crippen LogP contribution in [-0.4, -0.2) is 16.7 Å². The lowest BCUT2D eigenvalue weighted by molar-refractivity contribution is 0.275. The number of hydrogen-bond acceptors (Lipinski definition) is 2. The Morgan fingerprint density at radius 1 is 1.38 bits per heavy atom. The Kier molecular flexibility index (Phi) is 2.89. The molecular formula is C11H21NS. The van der Waals surface area contributed by atoms with E-state index in [1.165, 1.54) is 37.9 Å². The summed E-state index contributed by atoms with van der Waals surface area (Å²) in [5.41, 5.74) is 0. The molecule has 2 rings (SSSR count). The minimum absolute atomic E-state index is 0.493. The van der Waals surface area contributed by atoms with Gasteiger partial charge in [-0.05, 0) is 38.0 Å². The number of nitrogens with one attached hydrogen (secondary N) is 1. The van der Waals surface area contributed by atoms with Gasteiger partial charge in [0.25, 0.3) is 0 Å². The van der Waals surface area contributed by atoms with Crippen molar-refractivity contribution in [2.24, 2.45) is 5.92 Å². The fraction of sp³-hybridized carbons (Fsp3) is 1.00. The normalized spacial score (nSPS) is 45.7. The first kappa shape index (κ1) is 9.85. The Bertz CT molecular complexity index is 173. The lowest BCUT2D eigenvalue weighted by atomic mass is 9.86. The first-order valence-corrected chi connectivity index (χ1v) is 6.64. The largest absolute Gasteiger partial charge is 0.299 e. The van der Waals surface area contributed by atoms with Crippen LogP contribution in [0.2, 0.25) is 0 Å². The van der Waals surface area contributed by atoms with Gasteiger partial charge in [0.2, 0.25) is 0 Å². The molecule has 13 heavy (non-hydrogen) atoms. The van der Waals surface area contributed by atoms with Gasteiger partial charge in [-0.15, -0.1) is 11.8 Å². The second kappa shape index (κ2) is 3.82. The molecule has 1 atom stereocenters. The van der Waals surface area contributed by atoms with Crippen LogP contribution in [0.5, 0.6) is 0 Å². The van der Waals surface area contributed by atoms with Crippen LogP contribution in [0.3, 0.4) is 0 Å². The summed E-state index contributed by atoms with van der Waals surface area (Å²) in [5, 5.41) is 3.84. The van der Waals surface area contributed by atoms with Crippen LogP contribution in [-0.2, 0) is 0 Å². The van der Waals surface area contributed by atoms with E-state index in [9.17, 15) is 0 Å². The zero-order valence-corrected chi connectivity index (χ0v) is 9.62. The highest BCUT2D eigenvalue weighted by Gasteiger charge is 2.40. The van der Waals surface area contributed by atoms with Crippen molar-refractivity contribution in [1.29, 1.82) is 0 Å². The molecule has 0 aromatic heterocycles. The summed E-state index contributed by atoms with van der Waals surface area (Å²) in [6.07, 6.45) is 6.95. The molecule has 1 spiro atoms. The van der Waals surface area contributed by atoms with E-state index in [1.54, 1.807) is 0 Å². The first-order valence-electron chi connectivity index (χ1n) is 5.66. The fourth-order valence-electron chi connectivity index (χ4n) is 2.45. The minimum atomic E-state index is 0.493. The Hall–Kier alpha value is 0.310. The smallest absolute Gasteiger partial charge is 0.0648 e. The summed E-state index contributed by atoms with van der Waals surface area (Å²) in [6.45, 7) is 4.69. The number of rotatable bonds is 1. The van der Waals surface area contributed by atoms with Crippen molar-refractivity contribution >= 4 is 11.8 Å². The summed E-state index contributed by atoms with van der Waals surface area (Å²) in [7, 11) is 0. The third kappa shape index (κ3) is 2.04. The van der Waals surface area contributed by atoms with E-state index >= 15 is 0 Å². The van der Waals surface area contributed by atoms with E-state index < -0.39 is 0 Å². The third-order valence-corrected chi connectivity index (χ3v) is 5.25. The monoisotopic (exact) mass is 199 g/mol. The molecule has 1 aliphatic heterocycles. The molecule has 0 bridgehead atoms. The molecule has 2 fully saturated rings. The molecule has 1 N–H and O–H groups in total. The van der Waals surface area contributed by atoms with E-state index in [0.717, 1.165) is 12.0 Å². The van der Waals surface area contributed by atoms with Crippen molar-refractivity contribution in [1.82, 2.24) is 5.32 Å². The second-order valence-electron chi connectivity index (χ2n) is 4.74. The lowest BCUT2D eigenvalue weighted by Gasteiger charge is -2.36. The van der Waals surface area contributed by atoms with Gasteiger partial charge >= 0.3 is 0 Å². The van der Waals surface area contributed by atoms with Crippen molar-refractivity contribution in [3.63, 3.8) is 0 Å². The standard InChI is InChI=1S/C11H21NS/c1-3-10-8-13-11(12-10)6-4-9(2)5-7-11/h9-10,12H,3-8H2,1-2H3. The molecular weight excluding hydrogens is 178 g/mol. The van der Waals surface area contributed by atoms with Gasteiger partial charge in [0, 0.05) is 11.8 Å². The first-order chi connectivity index (χ1) is 6.24. The van der Waals surface area contributed by atoms with Crippen LogP contribution in [0.15, 0.2) is 0 Å². The molecule has 76 valence electrons. The van der Waals surface area contributed by atoms with Gasteiger partial charge in [0.05, 0.1) is 4.87 Å². The van der Waals surface area contributed by atoms with Crippen molar-refractivity contribution in [2.45, 2.75) is 56.9 Å². The van der Waals surface area contributed by atoms with Crippen LogP contribution in [0.4, 0.5) is 0 Å². The van der Waals surface area contributed by atoms with Crippen LogP contribution >= 0.6 is 11.8 Å². The second-order valence-corrected chi connectivity index (χ2v) is 6.14. The Morgan fingerprint density at radius 3 is 2.62 bits per heavy atom. The fourth-order valence-corrected chi connectivity index (χ4v) is 4.07. The van der Waals surface area contributed by atoms with Crippen molar-refractivity contribution < 1.29 is 0 Å². The van der Waals surface area contributed by atoms with Crippen molar-refractivity contribution in [3.05, 3.63) is 0 Å². The van der Waals surface area contributed by atoms with Crippen LogP contribution in [0, 0.1) is 5.92 Å². The van der Waals surface area contributed by atoms with Gasteiger partial charge in [0.1, 0.15) is 0 Å². The zero-order chi connectivity index (χ0) is 9.31. The van der Waals surface area contributed by atoms with Crippen LogP contribution < -0.4 is 5.32 Å². The number of hydrogen-bond donors (Lipinski definition) is 1. The Balaban J connectivity index is 1.92. The van der Waals surface area contributed by atoms with E-state index in [2.05, 4.69) is 30.9 Å². The SMILES string of the molecule is CCC1CSC2(CCC(C)CC2)N1. The summed E-state index contributed by atoms with van der Waals surface area (Å²) in [6, 6.07) is 0.790. The quantitative estimate of drug-likeness (QED) is 0.697. The molecule has 2 aliphatic rings. The highest BCUT2D eigenvalue weighted by molar-refractivity contribution is 8.00. The molecule has 1 nitrogen and oxygen atoms in total. The number of thioether (sulfide) groups is 1. The molecule has 1 unspecified atom stereocenters. The molecule has 0 radical (unpaired) electrons. The summed E-state index contributed by atoms with van der Waals surface area (Å²) < 4.78 is 0. The van der Waals surface area contributed by atoms with E-state index in [0.29, 0.717) is 4.87 Å². The average Bonchev–Trinajstić information content (AvgIpc) is 2.55. The van der Waals surface area contributed by atoms with Crippen molar-refractivity contribution in [2.75, 3.05) is 5.75 Å². The molecule has 1 heterocycles. The van der Waals surface area contributed by atoms with Gasteiger partial charge < -0.3 is 0 Å². The maximum absolute atomic E-state index is 3.84. The maximum atomic E-state index is 3.84. The summed E-state index contributed by atoms with van der Waals surface area (Å²) in [5.74, 6) is 2.30. The molecule has 0 amide bonds. The third-order valence-electron chi connectivity index (χ3n) is 3.60. The van der Waals surface area contributed by atoms with Gasteiger partial charge in [0.15, 0.2) is 0 Å². The van der Waals surface area contributed by atoms with Gasteiger partial charge in [-0.1, -0.05) is 13.8 Å². The average molecular weight is 199 g/mol.